The molecule has 0 saturated carbocycles. The molecule has 0 aliphatic rings. The number of hydrogen-bond acceptors (Lipinski definition) is 2. The van der Waals surface area contributed by atoms with Crippen molar-refractivity contribution in [3.63, 3.8) is 0 Å². The summed E-state index contributed by atoms with van der Waals surface area (Å²) in [4.78, 5) is 9.45. The fourth-order valence-corrected chi connectivity index (χ4v) is 4.15. The number of hydrogen-bond donors (Lipinski definition) is 1. The third kappa shape index (κ3) is 11.8. The van der Waals surface area contributed by atoms with Crippen molar-refractivity contribution in [1.82, 2.24) is 0 Å². The van der Waals surface area contributed by atoms with E-state index in [2.05, 4.69) is 19.9 Å². The maximum atomic E-state index is 11.6. The summed E-state index contributed by atoms with van der Waals surface area (Å²) in [5, 5.41) is 0. The van der Waals surface area contributed by atoms with Crippen LogP contribution in [-0.2, 0) is 17.4 Å². The number of unbranched alkanes of at least 4 members (excludes halogenated alkanes) is 10. The molecule has 0 aliphatic carbocycles. The molecule has 1 N–H and O–H groups in total. The highest BCUT2D eigenvalue weighted by Gasteiger charge is 2.19. The van der Waals surface area contributed by atoms with E-state index in [1.54, 1.807) is 6.07 Å². The molecule has 1 atom stereocenters. The summed E-state index contributed by atoms with van der Waals surface area (Å²) in [6.45, 7) is 0.396. The van der Waals surface area contributed by atoms with Gasteiger partial charge in [-0.25, -0.2) is 4.57 Å². The van der Waals surface area contributed by atoms with Gasteiger partial charge in [-0.2, -0.15) is 0 Å². The van der Waals surface area contributed by atoms with E-state index < -0.39 is 6.95 Å². The van der Waals surface area contributed by atoms with Gasteiger partial charge in [0.25, 0.3) is 0 Å². The van der Waals surface area contributed by atoms with Gasteiger partial charge in [0.1, 0.15) is 5.75 Å². The molecule has 1 rings (SSSR count). The van der Waals surface area contributed by atoms with Crippen LogP contribution in [0.1, 0.15) is 102 Å². The fourth-order valence-electron chi connectivity index (χ4n) is 3.51. The van der Waals surface area contributed by atoms with Crippen molar-refractivity contribution >= 4 is 18.2 Å². The smallest absolute Gasteiger partial charge is 0.413 e. The van der Waals surface area contributed by atoms with E-state index in [4.69, 9.17) is 15.8 Å². The van der Waals surface area contributed by atoms with Crippen LogP contribution in [0.5, 0.6) is 5.75 Å². The summed E-state index contributed by atoms with van der Waals surface area (Å²) < 4.78 is 16.8. The average molecular weight is 417 g/mol. The summed E-state index contributed by atoms with van der Waals surface area (Å²) in [7, 11) is 0. The van der Waals surface area contributed by atoms with Gasteiger partial charge in [-0.15, -0.1) is 0 Å². The molecule has 0 aromatic heterocycles. The van der Waals surface area contributed by atoms with Crippen molar-refractivity contribution in [2.24, 2.45) is 0 Å². The molecule has 3 nitrogen and oxygen atoms in total. The second kappa shape index (κ2) is 14.5. The third-order valence-electron chi connectivity index (χ3n) is 5.02. The quantitative estimate of drug-likeness (QED) is 0.218. The Morgan fingerprint density at radius 3 is 1.93 bits per heavy atom. The average Bonchev–Trinajstić information content (AvgIpc) is 2.61. The van der Waals surface area contributed by atoms with E-state index in [9.17, 15) is 9.46 Å². The molecule has 0 bridgehead atoms. The largest absolute Gasteiger partial charge is 0.474 e. The van der Waals surface area contributed by atoms with Crippen molar-refractivity contribution in [1.29, 1.82) is 0 Å². The molecule has 0 amide bonds. The molecule has 27 heavy (non-hydrogen) atoms. The van der Waals surface area contributed by atoms with Crippen LogP contribution in [0.25, 0.3) is 0 Å². The second-order valence-corrected chi connectivity index (χ2v) is 9.84. The monoisotopic (exact) mass is 416 g/mol. The number of aryl methyl sites for hydroxylation is 1. The minimum Gasteiger partial charge on any atom is -0.413 e. The van der Waals surface area contributed by atoms with Gasteiger partial charge in [0, 0.05) is 11.2 Å². The van der Waals surface area contributed by atoms with Crippen molar-refractivity contribution in [2.45, 2.75) is 104 Å². The number of halogens is 1. The molecule has 0 radical (unpaired) electrons. The Kier molecular flexibility index (Phi) is 13.2. The maximum absolute atomic E-state index is 11.6. The van der Waals surface area contributed by atoms with E-state index in [1.165, 1.54) is 69.8 Å². The summed E-state index contributed by atoms with van der Waals surface area (Å²) in [6.07, 6.45) is 16.8. The minimum atomic E-state index is -4.06. The Labute approximate surface area is 171 Å². The van der Waals surface area contributed by atoms with Crippen molar-refractivity contribution in [3.05, 3.63) is 29.3 Å². The lowest BCUT2D eigenvalue weighted by Gasteiger charge is -2.16. The van der Waals surface area contributed by atoms with E-state index >= 15 is 0 Å². The molecule has 1 unspecified atom stereocenters. The van der Waals surface area contributed by atoms with Gasteiger partial charge in [0.15, 0.2) is 0 Å². The van der Waals surface area contributed by atoms with Crippen LogP contribution in [0.4, 0.5) is 0 Å². The molecule has 0 spiro atoms. The molecule has 0 saturated heterocycles. The molecule has 1 aromatic rings. The maximum Gasteiger partial charge on any atom is 0.474 e. The van der Waals surface area contributed by atoms with Crippen LogP contribution >= 0.6 is 18.2 Å². The van der Waals surface area contributed by atoms with E-state index in [0.29, 0.717) is 5.75 Å². The molecule has 1 aromatic carbocycles. The van der Waals surface area contributed by atoms with Gasteiger partial charge in [0.2, 0.25) is 0 Å². The van der Waals surface area contributed by atoms with E-state index in [1.807, 2.05) is 6.07 Å². The molecule has 5 heteroatoms. The van der Waals surface area contributed by atoms with Crippen LogP contribution in [0.3, 0.4) is 0 Å². The van der Waals surface area contributed by atoms with Crippen LogP contribution in [0.2, 0.25) is 0 Å². The van der Waals surface area contributed by atoms with Crippen molar-refractivity contribution in [2.75, 3.05) is 0 Å². The van der Waals surface area contributed by atoms with Crippen LogP contribution in [0.15, 0.2) is 18.2 Å². The first-order chi connectivity index (χ1) is 13.0. The summed E-state index contributed by atoms with van der Waals surface area (Å²) in [5.74, 6) is 0.480. The van der Waals surface area contributed by atoms with Crippen LogP contribution in [0, 0.1) is 0 Å². The molecule has 0 fully saturated rings. The summed E-state index contributed by atoms with van der Waals surface area (Å²) in [6, 6.07) is 5.79. The highest BCUT2D eigenvalue weighted by molar-refractivity contribution is 7.80. The Balaban J connectivity index is 2.66. The van der Waals surface area contributed by atoms with Gasteiger partial charge < -0.3 is 9.42 Å². The van der Waals surface area contributed by atoms with Gasteiger partial charge >= 0.3 is 6.95 Å². The Hall–Kier alpha value is -0.500. The molecular weight excluding hydrogens is 379 g/mol. The lowest BCUT2D eigenvalue weighted by Crippen LogP contribution is -2.00. The van der Waals surface area contributed by atoms with Crippen molar-refractivity contribution in [3.8, 4) is 5.75 Å². The number of benzene rings is 1. The zero-order valence-electron chi connectivity index (χ0n) is 17.2. The third-order valence-corrected chi connectivity index (χ3v) is 5.65. The zero-order chi connectivity index (χ0) is 20.0. The molecule has 156 valence electrons. The normalized spacial score (nSPS) is 13.5. The van der Waals surface area contributed by atoms with Crippen molar-refractivity contribution < 1.29 is 14.0 Å². The van der Waals surface area contributed by atoms with Gasteiger partial charge in [-0.3, -0.25) is 0 Å². The number of rotatable bonds is 16. The van der Waals surface area contributed by atoms with Gasteiger partial charge in [-0.05, 0) is 42.9 Å². The highest BCUT2D eigenvalue weighted by Crippen LogP contribution is 2.49. The standard InChI is InChI=1S/C22H38ClO3P/c1-3-5-7-9-11-13-16-20-17-15-19-22(26-27(23,24)25)21(20)18-14-12-10-8-6-4-2/h15,17,19H,3-14,16,18H2,1-2H3,(H,24,25). The van der Waals surface area contributed by atoms with Gasteiger partial charge in [0.05, 0.1) is 0 Å². The minimum absolute atomic E-state index is 0.480. The molecule has 0 aliphatic heterocycles. The fraction of sp³-hybridized carbons (Fsp3) is 0.727. The highest BCUT2D eigenvalue weighted by atomic mass is 35.7. The predicted molar refractivity (Wildman–Crippen MR) is 117 cm³/mol. The first kappa shape index (κ1) is 24.5. The first-order valence-electron chi connectivity index (χ1n) is 10.8. The van der Waals surface area contributed by atoms with Gasteiger partial charge in [-0.1, -0.05) is 90.2 Å². The molecule has 0 heterocycles. The predicted octanol–water partition coefficient (Wildman–Crippen LogP) is 8.21. The van der Waals surface area contributed by atoms with E-state index in [-0.39, 0.29) is 0 Å². The first-order valence-corrected chi connectivity index (χ1v) is 13.3. The Morgan fingerprint density at radius 2 is 1.37 bits per heavy atom. The van der Waals surface area contributed by atoms with E-state index in [0.717, 1.165) is 31.2 Å². The molecular formula is C22H38ClO3P. The zero-order valence-corrected chi connectivity index (χ0v) is 18.9. The topological polar surface area (TPSA) is 46.5 Å². The SMILES string of the molecule is CCCCCCCCc1cccc(OP(=O)(O)Cl)c1CCCCCCCC. The lowest BCUT2D eigenvalue weighted by atomic mass is 9.95. The second-order valence-electron chi connectivity index (χ2n) is 7.47. The Morgan fingerprint density at radius 1 is 0.852 bits per heavy atom. The Bertz CT molecular complexity index is 556. The lowest BCUT2D eigenvalue weighted by molar-refractivity contribution is 0.398. The summed E-state index contributed by atoms with van der Waals surface area (Å²) >= 11 is 5.47. The van der Waals surface area contributed by atoms with Crippen LogP contribution in [-0.4, -0.2) is 4.89 Å². The van der Waals surface area contributed by atoms with Crippen LogP contribution < -0.4 is 4.52 Å². The summed E-state index contributed by atoms with van der Waals surface area (Å²) in [5.41, 5.74) is 2.30.